The molecule has 0 bridgehead atoms. The normalized spacial score (nSPS) is 19.8. The van der Waals surface area contributed by atoms with Crippen LogP contribution in [0.3, 0.4) is 0 Å². The first-order chi connectivity index (χ1) is 11.4. The number of likely N-dealkylation sites (N-methyl/N-ethyl adjacent to an activating group) is 1. The lowest BCUT2D eigenvalue weighted by Crippen LogP contribution is -2.24. The Morgan fingerprint density at radius 2 is 1.46 bits per heavy atom. The fourth-order valence-electron chi connectivity index (χ4n) is 2.75. The molecule has 1 saturated heterocycles. The monoisotopic (exact) mass is 449 g/mol. The van der Waals surface area contributed by atoms with Crippen LogP contribution in [0.1, 0.15) is 17.2 Å². The van der Waals surface area contributed by atoms with Gasteiger partial charge in [-0.15, -0.1) is 0 Å². The molecule has 1 amide bonds. The number of carbonyl (C=O) groups is 2. The van der Waals surface area contributed by atoms with Crippen LogP contribution in [0, 0.1) is 0 Å². The lowest BCUT2D eigenvalue weighted by molar-refractivity contribution is -0.139. The zero-order valence-electron chi connectivity index (χ0n) is 12.7. The van der Waals surface area contributed by atoms with Gasteiger partial charge >= 0.3 is 0 Å². The molecule has 1 atom stereocenters. The van der Waals surface area contributed by atoms with Crippen LogP contribution < -0.4 is 0 Å². The number of benzene rings is 2. The van der Waals surface area contributed by atoms with Crippen molar-refractivity contribution in [1.29, 1.82) is 0 Å². The van der Waals surface area contributed by atoms with Crippen LogP contribution in [0.25, 0.3) is 5.76 Å². The maximum atomic E-state index is 12.4. The van der Waals surface area contributed by atoms with Gasteiger partial charge in [-0.25, -0.2) is 0 Å². The maximum Gasteiger partial charge on any atom is 0.295 e. The molecule has 0 spiro atoms. The van der Waals surface area contributed by atoms with Crippen molar-refractivity contribution in [3.63, 3.8) is 0 Å². The van der Waals surface area contributed by atoms with E-state index >= 15 is 0 Å². The van der Waals surface area contributed by atoms with Gasteiger partial charge in [-0.05, 0) is 29.8 Å². The lowest BCUT2D eigenvalue weighted by atomic mass is 9.95. The molecule has 24 heavy (non-hydrogen) atoms. The summed E-state index contributed by atoms with van der Waals surface area (Å²) in [5.41, 5.74) is 1.36. The van der Waals surface area contributed by atoms with Crippen LogP contribution in [0.2, 0.25) is 0 Å². The number of hydrogen-bond donors (Lipinski definition) is 1. The van der Waals surface area contributed by atoms with E-state index in [1.807, 2.05) is 24.3 Å². The second-order valence-electron chi connectivity index (χ2n) is 5.47. The van der Waals surface area contributed by atoms with Gasteiger partial charge < -0.3 is 10.0 Å². The van der Waals surface area contributed by atoms with Gasteiger partial charge in [0.25, 0.3) is 11.7 Å². The van der Waals surface area contributed by atoms with Crippen molar-refractivity contribution >= 4 is 49.3 Å². The number of carbonyl (C=O) groups excluding carboxylic acids is 2. The molecular weight excluding hydrogens is 438 g/mol. The van der Waals surface area contributed by atoms with E-state index in [0.717, 1.165) is 14.5 Å². The van der Waals surface area contributed by atoms with Gasteiger partial charge in [0.15, 0.2) is 0 Å². The van der Waals surface area contributed by atoms with Gasteiger partial charge in [0.2, 0.25) is 0 Å². The number of rotatable bonds is 2. The summed E-state index contributed by atoms with van der Waals surface area (Å²) in [4.78, 5) is 25.9. The average Bonchev–Trinajstić information content (AvgIpc) is 2.80. The van der Waals surface area contributed by atoms with Crippen LogP contribution >= 0.6 is 31.9 Å². The SMILES string of the molecule is CN1C(=O)C(=O)/C(=C(/O)c2ccc(Br)cc2)C1c1ccc(Br)cc1. The van der Waals surface area contributed by atoms with Crippen molar-refractivity contribution in [2.75, 3.05) is 7.05 Å². The standard InChI is InChI=1S/C18H13Br2NO3/c1-21-15(10-2-6-12(19)7-3-10)14(17(23)18(21)24)16(22)11-4-8-13(20)9-5-11/h2-9,15,22H,1H3/b16-14+. The summed E-state index contributed by atoms with van der Waals surface area (Å²) in [5.74, 6) is -1.47. The fraction of sp³-hybridized carbons (Fsp3) is 0.111. The fourth-order valence-corrected chi connectivity index (χ4v) is 3.27. The molecule has 4 nitrogen and oxygen atoms in total. The van der Waals surface area contributed by atoms with Gasteiger partial charge in [-0.1, -0.05) is 56.1 Å². The summed E-state index contributed by atoms with van der Waals surface area (Å²) in [7, 11) is 1.56. The molecule has 2 aromatic rings. The van der Waals surface area contributed by atoms with Crippen molar-refractivity contribution in [2.45, 2.75) is 6.04 Å². The van der Waals surface area contributed by atoms with Crippen LogP contribution in [-0.2, 0) is 9.59 Å². The molecule has 0 aromatic heterocycles. The molecule has 0 radical (unpaired) electrons. The van der Waals surface area contributed by atoms with E-state index in [-0.39, 0.29) is 11.3 Å². The predicted molar refractivity (Wildman–Crippen MR) is 98.4 cm³/mol. The second-order valence-corrected chi connectivity index (χ2v) is 7.30. The van der Waals surface area contributed by atoms with E-state index in [9.17, 15) is 14.7 Å². The Balaban J connectivity index is 2.16. The Morgan fingerprint density at radius 3 is 2.00 bits per heavy atom. The summed E-state index contributed by atoms with van der Waals surface area (Å²) >= 11 is 6.70. The number of aliphatic hydroxyl groups excluding tert-OH is 1. The first-order valence-electron chi connectivity index (χ1n) is 7.16. The summed E-state index contributed by atoms with van der Waals surface area (Å²) in [5, 5.41) is 10.7. The highest BCUT2D eigenvalue weighted by Crippen LogP contribution is 2.38. The number of hydrogen-bond acceptors (Lipinski definition) is 3. The van der Waals surface area contributed by atoms with E-state index in [1.54, 1.807) is 31.3 Å². The zero-order chi connectivity index (χ0) is 17.4. The van der Waals surface area contributed by atoms with Crippen LogP contribution in [0.5, 0.6) is 0 Å². The number of nitrogens with zero attached hydrogens (tertiary/aromatic N) is 1. The minimum absolute atomic E-state index is 0.104. The highest BCUT2D eigenvalue weighted by molar-refractivity contribution is 9.10. The van der Waals surface area contributed by atoms with Gasteiger partial charge in [0.1, 0.15) is 5.76 Å². The van der Waals surface area contributed by atoms with Gasteiger partial charge in [-0.3, -0.25) is 9.59 Å². The van der Waals surface area contributed by atoms with E-state index in [4.69, 9.17) is 0 Å². The summed E-state index contributed by atoms with van der Waals surface area (Å²) < 4.78 is 1.76. The third kappa shape index (κ3) is 2.91. The Bertz CT molecular complexity index is 842. The van der Waals surface area contributed by atoms with E-state index < -0.39 is 17.7 Å². The second kappa shape index (κ2) is 6.53. The first-order valence-corrected chi connectivity index (χ1v) is 8.74. The highest BCUT2D eigenvalue weighted by Gasteiger charge is 2.44. The third-order valence-corrected chi connectivity index (χ3v) is 5.04. The van der Waals surface area contributed by atoms with E-state index in [2.05, 4.69) is 31.9 Å². The number of Topliss-reactive ketones (excluding diaryl/α,β-unsaturated/α-hetero) is 1. The molecule has 1 fully saturated rings. The number of amides is 1. The smallest absolute Gasteiger partial charge is 0.295 e. The predicted octanol–water partition coefficient (Wildman–Crippen LogP) is 4.26. The van der Waals surface area contributed by atoms with Crippen molar-refractivity contribution in [1.82, 2.24) is 4.90 Å². The van der Waals surface area contributed by atoms with Crippen molar-refractivity contribution < 1.29 is 14.7 Å². The number of ketones is 1. The van der Waals surface area contributed by atoms with Crippen molar-refractivity contribution in [3.05, 3.63) is 74.2 Å². The molecular formula is C18H13Br2NO3. The third-order valence-electron chi connectivity index (χ3n) is 3.98. The molecule has 3 rings (SSSR count). The Kier molecular flexibility index (Phi) is 4.60. The Labute approximate surface area is 156 Å². The van der Waals surface area contributed by atoms with Crippen LogP contribution in [0.4, 0.5) is 0 Å². The van der Waals surface area contributed by atoms with Crippen molar-refractivity contribution in [2.24, 2.45) is 0 Å². The topological polar surface area (TPSA) is 57.6 Å². The number of halogens is 2. The molecule has 1 unspecified atom stereocenters. The number of aliphatic hydroxyl groups is 1. The largest absolute Gasteiger partial charge is 0.507 e. The average molecular weight is 451 g/mol. The van der Waals surface area contributed by atoms with Gasteiger partial charge in [-0.2, -0.15) is 0 Å². The summed E-state index contributed by atoms with van der Waals surface area (Å²) in [6.45, 7) is 0. The van der Waals surface area contributed by atoms with Crippen LogP contribution in [0.15, 0.2) is 63.0 Å². The molecule has 1 aliphatic rings. The van der Waals surface area contributed by atoms with Gasteiger partial charge in [0, 0.05) is 21.6 Å². The minimum atomic E-state index is -0.675. The lowest BCUT2D eigenvalue weighted by Gasteiger charge is -2.21. The molecule has 1 heterocycles. The maximum absolute atomic E-state index is 12.4. The molecule has 2 aromatic carbocycles. The molecule has 122 valence electrons. The van der Waals surface area contributed by atoms with Crippen molar-refractivity contribution in [3.8, 4) is 0 Å². The molecule has 1 aliphatic heterocycles. The van der Waals surface area contributed by atoms with Gasteiger partial charge in [0.05, 0.1) is 11.6 Å². The Morgan fingerprint density at radius 1 is 0.958 bits per heavy atom. The first kappa shape index (κ1) is 16.9. The summed E-state index contributed by atoms with van der Waals surface area (Å²) in [6, 6.07) is 13.6. The highest BCUT2D eigenvalue weighted by atomic mass is 79.9. The van der Waals surface area contributed by atoms with Crippen LogP contribution in [-0.4, -0.2) is 28.7 Å². The molecule has 6 heteroatoms. The molecule has 0 saturated carbocycles. The van der Waals surface area contributed by atoms with E-state index in [1.165, 1.54) is 4.90 Å². The quantitative estimate of drug-likeness (QED) is 0.422. The number of likely N-dealkylation sites (tertiary alicyclic amines) is 1. The zero-order valence-corrected chi connectivity index (χ0v) is 15.8. The molecule has 0 aliphatic carbocycles. The Hall–Kier alpha value is -1.92. The summed E-state index contributed by atoms with van der Waals surface area (Å²) in [6.07, 6.45) is 0. The minimum Gasteiger partial charge on any atom is -0.507 e. The van der Waals surface area contributed by atoms with E-state index in [0.29, 0.717) is 5.56 Å². The molecule has 1 N–H and O–H groups in total.